The van der Waals surface area contributed by atoms with Crippen molar-refractivity contribution in [2.45, 2.75) is 20.5 Å². The van der Waals surface area contributed by atoms with Gasteiger partial charge in [-0.3, -0.25) is 0 Å². The van der Waals surface area contributed by atoms with Crippen molar-refractivity contribution < 1.29 is 28.6 Å². The van der Waals surface area contributed by atoms with Gasteiger partial charge in [0.05, 0.1) is 0 Å². The molecule has 1 saturated heterocycles. The van der Waals surface area contributed by atoms with Gasteiger partial charge in [0.25, 0.3) is 0 Å². The van der Waals surface area contributed by atoms with Crippen molar-refractivity contribution in [1.82, 2.24) is 0 Å². The van der Waals surface area contributed by atoms with Crippen LogP contribution < -0.4 is 9.41 Å². The molecule has 0 radical (unpaired) electrons. The number of fused-ring (bicyclic) bond motifs is 6. The molecule has 6 atom stereocenters. The second-order valence-corrected chi connectivity index (χ2v) is 11.6. The first-order valence-corrected chi connectivity index (χ1v) is 11.6. The number of benzene rings is 1. The minimum atomic E-state index is 0. The largest absolute Gasteiger partial charge is 1.00 e. The van der Waals surface area contributed by atoms with Crippen molar-refractivity contribution in [3.63, 3.8) is 0 Å². The molecule has 0 aromatic heterocycles. The van der Waals surface area contributed by atoms with E-state index in [0.717, 1.165) is 25.9 Å². The molecule has 118 valence electrons. The molecular formula is C19H19F2PTi. The second-order valence-electron chi connectivity index (χ2n) is 6.75. The number of rotatable bonds is 0. The van der Waals surface area contributed by atoms with Gasteiger partial charge in [-0.25, -0.2) is 0 Å². The molecule has 6 unspecified atom stereocenters. The van der Waals surface area contributed by atoms with Crippen molar-refractivity contribution in [2.24, 2.45) is 11.8 Å². The summed E-state index contributed by atoms with van der Waals surface area (Å²) in [6.07, 6.45) is 13.7. The molecule has 1 aromatic carbocycles. The average Bonchev–Trinajstić information content (AvgIpc) is 3.07. The van der Waals surface area contributed by atoms with Gasteiger partial charge in [-0.05, 0) is 0 Å². The average molecular weight is 364 g/mol. The predicted molar refractivity (Wildman–Crippen MR) is 87.4 cm³/mol. The number of halogens is 2. The standard InChI is InChI=1S/C19H19P.2FH.Ti/c1-20(18-10-14-6-2-3-7-15(14)11-18)19-12-16-8-4-5-9-17(16)13-19;;;/h2-12,16-17,19H,13H2,1H3;2*1H;/q;;;+2/p-2. The third kappa shape index (κ3) is 2.46. The van der Waals surface area contributed by atoms with Gasteiger partial charge in [0, 0.05) is 0 Å². The van der Waals surface area contributed by atoms with Crippen LogP contribution in [0, 0.1) is 11.8 Å². The van der Waals surface area contributed by atoms with Gasteiger partial charge in [0.2, 0.25) is 0 Å². The first-order chi connectivity index (χ1) is 10.3. The summed E-state index contributed by atoms with van der Waals surface area (Å²) >= 11 is 0.0697. The Morgan fingerprint density at radius 2 is 1.87 bits per heavy atom. The molecule has 4 aliphatic rings. The van der Waals surface area contributed by atoms with E-state index in [1.54, 1.807) is 5.56 Å². The molecule has 1 aliphatic heterocycles. The summed E-state index contributed by atoms with van der Waals surface area (Å²) in [7, 11) is 0.0689. The third-order valence-corrected chi connectivity index (χ3v) is 12.7. The fraction of sp³-hybridized carbons (Fsp3) is 0.368. The SMILES string of the molecule is CP1C2=Cc3ccccc3[CH]2[Ti+2][CH]2C3C=CC=CC3CC21.[F-].[F-]. The summed E-state index contributed by atoms with van der Waals surface area (Å²) in [4.78, 5) is 0. The molecule has 1 heterocycles. The van der Waals surface area contributed by atoms with E-state index in [9.17, 15) is 0 Å². The van der Waals surface area contributed by atoms with Crippen LogP contribution in [0.5, 0.6) is 0 Å². The molecule has 23 heavy (non-hydrogen) atoms. The van der Waals surface area contributed by atoms with Crippen molar-refractivity contribution in [3.8, 4) is 0 Å². The van der Waals surface area contributed by atoms with Gasteiger partial charge < -0.3 is 9.41 Å². The predicted octanol–water partition coefficient (Wildman–Crippen LogP) is -0.783. The van der Waals surface area contributed by atoms with E-state index in [-0.39, 0.29) is 36.5 Å². The Morgan fingerprint density at radius 1 is 1.09 bits per heavy atom. The summed E-state index contributed by atoms with van der Waals surface area (Å²) in [5.41, 5.74) is 4.21. The van der Waals surface area contributed by atoms with Gasteiger partial charge in [-0.2, -0.15) is 0 Å². The van der Waals surface area contributed by atoms with Gasteiger partial charge in [-0.1, -0.05) is 0 Å². The summed E-state index contributed by atoms with van der Waals surface area (Å²) in [6.45, 7) is 2.58. The van der Waals surface area contributed by atoms with Crippen LogP contribution in [0.15, 0.2) is 53.9 Å². The van der Waals surface area contributed by atoms with Crippen LogP contribution in [0.3, 0.4) is 0 Å². The maximum absolute atomic E-state index is 2.58. The van der Waals surface area contributed by atoms with Crippen LogP contribution in [0.4, 0.5) is 0 Å². The topological polar surface area (TPSA) is 0 Å². The van der Waals surface area contributed by atoms with Gasteiger partial charge in [-0.15, -0.1) is 0 Å². The van der Waals surface area contributed by atoms with Crippen LogP contribution in [0.2, 0.25) is 4.22 Å². The normalized spacial score (nSPS) is 37.7. The van der Waals surface area contributed by atoms with Gasteiger partial charge in [0.15, 0.2) is 0 Å². The summed E-state index contributed by atoms with van der Waals surface area (Å²) in [5.74, 6) is 1.73. The third-order valence-electron chi connectivity index (χ3n) is 5.81. The molecule has 0 amide bonds. The van der Waals surface area contributed by atoms with Gasteiger partial charge >= 0.3 is 137 Å². The molecule has 2 fully saturated rings. The van der Waals surface area contributed by atoms with Crippen LogP contribution in [-0.4, -0.2) is 12.3 Å². The maximum atomic E-state index is 2.58. The van der Waals surface area contributed by atoms with Crippen molar-refractivity contribution in [2.75, 3.05) is 6.66 Å². The Morgan fingerprint density at radius 3 is 2.74 bits per heavy atom. The van der Waals surface area contributed by atoms with E-state index in [1.807, 2.05) is 5.31 Å². The fourth-order valence-corrected chi connectivity index (χ4v) is 13.1. The molecule has 5 rings (SSSR count). The Balaban J connectivity index is 0.000000781. The first-order valence-electron chi connectivity index (χ1n) is 7.97. The van der Waals surface area contributed by atoms with Crippen LogP contribution in [-0.2, 0) is 19.2 Å². The number of hydrogen-bond donors (Lipinski definition) is 0. The molecule has 0 N–H and O–H groups in total. The Hall–Kier alpha value is -0.556. The fourth-order valence-electron chi connectivity index (χ4n) is 4.77. The van der Waals surface area contributed by atoms with Crippen LogP contribution in [0.25, 0.3) is 6.08 Å². The molecule has 0 spiro atoms. The second kappa shape index (κ2) is 6.39. The summed E-state index contributed by atoms with van der Waals surface area (Å²) in [6, 6.07) is 9.18. The van der Waals surface area contributed by atoms with Crippen molar-refractivity contribution in [3.05, 3.63) is 65.0 Å². The quantitative estimate of drug-likeness (QED) is 0.419. The molecular weight excluding hydrogens is 345 g/mol. The van der Waals surface area contributed by atoms with E-state index in [4.69, 9.17) is 0 Å². The number of hydrogen-bond acceptors (Lipinski definition) is 0. The molecule has 0 bridgehead atoms. The smallest absolute Gasteiger partial charge is 1.00 e. The first kappa shape index (κ1) is 17.3. The van der Waals surface area contributed by atoms with Crippen molar-refractivity contribution >= 4 is 14.0 Å². The zero-order valence-electron chi connectivity index (χ0n) is 13.0. The summed E-state index contributed by atoms with van der Waals surface area (Å²) in [5, 5.41) is 1.85. The zero-order valence-corrected chi connectivity index (χ0v) is 15.4. The Kier molecular flexibility index (Phi) is 4.80. The van der Waals surface area contributed by atoms with E-state index >= 15 is 0 Å². The minimum absolute atomic E-state index is 0. The molecule has 0 nitrogen and oxygen atoms in total. The van der Waals surface area contributed by atoms with E-state index in [2.05, 4.69) is 61.3 Å². The number of allylic oxidation sites excluding steroid dienone is 5. The molecule has 3 aliphatic carbocycles. The molecule has 4 heteroatoms. The Bertz CT molecular complexity index is 696. The molecule has 1 aromatic rings. The van der Waals surface area contributed by atoms with Crippen LogP contribution in [0.1, 0.15) is 21.8 Å². The van der Waals surface area contributed by atoms with Gasteiger partial charge in [0.1, 0.15) is 0 Å². The monoisotopic (exact) mass is 364 g/mol. The van der Waals surface area contributed by atoms with Crippen LogP contribution >= 0.6 is 7.92 Å². The van der Waals surface area contributed by atoms with Crippen molar-refractivity contribution in [1.29, 1.82) is 0 Å². The Labute approximate surface area is 146 Å². The van der Waals surface area contributed by atoms with E-state index < -0.39 is 0 Å². The van der Waals surface area contributed by atoms with E-state index in [1.165, 1.54) is 12.0 Å². The molecule has 1 saturated carbocycles. The summed E-state index contributed by atoms with van der Waals surface area (Å²) < 4.78 is 1.90. The zero-order chi connectivity index (χ0) is 14.0. The maximum Gasteiger partial charge on any atom is -1.00 e. The minimum Gasteiger partial charge on any atom is -1.00 e. The van der Waals surface area contributed by atoms with E-state index in [0.29, 0.717) is 0 Å².